The van der Waals surface area contributed by atoms with Gasteiger partial charge in [0.2, 0.25) is 0 Å². The lowest BCUT2D eigenvalue weighted by Gasteiger charge is -2.35. The van der Waals surface area contributed by atoms with Crippen LogP contribution in [0.25, 0.3) is 0 Å². The fraction of sp³-hybridized carbons (Fsp3) is 0.292. The number of benzene rings is 2. The molecule has 1 atom stereocenters. The lowest BCUT2D eigenvalue weighted by molar-refractivity contribution is -0.253. The molecule has 0 saturated carbocycles. The van der Waals surface area contributed by atoms with Gasteiger partial charge in [-0.3, -0.25) is 4.99 Å². The van der Waals surface area contributed by atoms with Gasteiger partial charge < -0.3 is 10.1 Å². The average molecular weight is 432 g/mol. The van der Waals surface area contributed by atoms with Crippen molar-refractivity contribution in [3.8, 4) is 5.75 Å². The fourth-order valence-electron chi connectivity index (χ4n) is 3.52. The van der Waals surface area contributed by atoms with Crippen molar-refractivity contribution in [3.63, 3.8) is 0 Å². The SMILES string of the molecule is CN[C@](Cc1ccccc1)(C1=N/C=C/CC/C=C\1)c1cccc(OC(F)(F)C(F)F)c1. The number of nitrogens with one attached hydrogen (secondary N) is 1. The molecule has 0 spiro atoms. The van der Waals surface area contributed by atoms with Crippen LogP contribution in [0.4, 0.5) is 17.6 Å². The Morgan fingerprint density at radius 2 is 1.77 bits per heavy atom. The Bertz CT molecular complexity index is 957. The summed E-state index contributed by atoms with van der Waals surface area (Å²) in [4.78, 5) is 4.61. The van der Waals surface area contributed by atoms with E-state index >= 15 is 0 Å². The molecule has 3 rings (SSSR count). The zero-order valence-electron chi connectivity index (χ0n) is 17.1. The summed E-state index contributed by atoms with van der Waals surface area (Å²) in [6.45, 7) is 0. The molecule has 1 heterocycles. The monoisotopic (exact) mass is 432 g/mol. The van der Waals surface area contributed by atoms with Crippen LogP contribution < -0.4 is 10.1 Å². The molecule has 0 aliphatic carbocycles. The second kappa shape index (κ2) is 9.92. The van der Waals surface area contributed by atoms with Gasteiger partial charge in [0.1, 0.15) is 5.75 Å². The molecule has 0 amide bonds. The van der Waals surface area contributed by atoms with E-state index in [4.69, 9.17) is 0 Å². The Morgan fingerprint density at radius 1 is 1.03 bits per heavy atom. The van der Waals surface area contributed by atoms with E-state index in [0.29, 0.717) is 17.7 Å². The van der Waals surface area contributed by atoms with Gasteiger partial charge >= 0.3 is 12.5 Å². The van der Waals surface area contributed by atoms with Crippen molar-refractivity contribution in [3.05, 3.63) is 90.2 Å². The van der Waals surface area contributed by atoms with Crippen molar-refractivity contribution in [1.82, 2.24) is 5.32 Å². The maximum Gasteiger partial charge on any atom is 0.461 e. The molecule has 0 aromatic heterocycles. The van der Waals surface area contributed by atoms with Gasteiger partial charge in [-0.05, 0) is 49.2 Å². The van der Waals surface area contributed by atoms with Gasteiger partial charge in [0, 0.05) is 12.6 Å². The predicted molar refractivity (Wildman–Crippen MR) is 114 cm³/mol. The molecule has 0 fully saturated rings. The number of alkyl halides is 4. The minimum Gasteiger partial charge on any atom is -0.428 e. The van der Waals surface area contributed by atoms with E-state index < -0.39 is 18.1 Å². The first-order valence-corrected chi connectivity index (χ1v) is 9.95. The van der Waals surface area contributed by atoms with Crippen molar-refractivity contribution in [1.29, 1.82) is 0 Å². The van der Waals surface area contributed by atoms with Crippen LogP contribution in [0, 0.1) is 0 Å². The van der Waals surface area contributed by atoms with Gasteiger partial charge in [0.25, 0.3) is 0 Å². The second-order valence-corrected chi connectivity index (χ2v) is 7.19. The molecule has 2 aromatic rings. The van der Waals surface area contributed by atoms with Gasteiger partial charge in [-0.2, -0.15) is 17.6 Å². The molecule has 164 valence electrons. The Labute approximate surface area is 179 Å². The van der Waals surface area contributed by atoms with Crippen LogP contribution in [0.1, 0.15) is 24.0 Å². The number of allylic oxidation sites excluding steroid dienone is 2. The Balaban J connectivity index is 2.11. The summed E-state index contributed by atoms with van der Waals surface area (Å²) < 4.78 is 56.6. The molecule has 3 nitrogen and oxygen atoms in total. The molecule has 0 unspecified atom stereocenters. The van der Waals surface area contributed by atoms with Crippen molar-refractivity contribution < 1.29 is 22.3 Å². The van der Waals surface area contributed by atoms with Crippen LogP contribution in [0.15, 0.2) is 84.0 Å². The van der Waals surface area contributed by atoms with Gasteiger partial charge in [-0.15, -0.1) is 0 Å². The van der Waals surface area contributed by atoms with Gasteiger partial charge in [-0.1, -0.05) is 54.6 Å². The van der Waals surface area contributed by atoms with Crippen LogP contribution in [-0.4, -0.2) is 25.3 Å². The lowest BCUT2D eigenvalue weighted by atomic mass is 9.79. The highest BCUT2D eigenvalue weighted by Gasteiger charge is 2.44. The largest absolute Gasteiger partial charge is 0.461 e. The van der Waals surface area contributed by atoms with E-state index in [-0.39, 0.29) is 5.75 Å². The standard InChI is InChI=1S/C24H24F4N2O/c1-29-23(17-18-10-5-4-6-11-18,21-14-7-2-3-8-15-30-21)19-12-9-13-20(16-19)31-24(27,28)22(25)26/h4-16,22,29H,2-3,17H2,1H3/b14-7-,15-8+,30-21+/t23-/m0/s1. The number of hydrogen-bond donors (Lipinski definition) is 1. The first-order chi connectivity index (χ1) is 14.9. The summed E-state index contributed by atoms with van der Waals surface area (Å²) in [5.74, 6) is -0.346. The third kappa shape index (κ3) is 5.41. The molecule has 0 saturated heterocycles. The molecule has 7 heteroatoms. The summed E-state index contributed by atoms with van der Waals surface area (Å²) in [7, 11) is 1.75. The van der Waals surface area contributed by atoms with E-state index in [1.807, 2.05) is 48.6 Å². The summed E-state index contributed by atoms with van der Waals surface area (Å²) in [6, 6.07) is 15.5. The number of halogens is 4. The first kappa shape index (κ1) is 22.7. The van der Waals surface area contributed by atoms with Crippen molar-refractivity contribution in [2.45, 2.75) is 37.3 Å². The normalized spacial score (nSPS) is 20.1. The van der Waals surface area contributed by atoms with Crippen LogP contribution in [0.2, 0.25) is 0 Å². The molecule has 0 bridgehead atoms. The topological polar surface area (TPSA) is 33.6 Å². The van der Waals surface area contributed by atoms with Crippen molar-refractivity contribution in [2.24, 2.45) is 4.99 Å². The summed E-state index contributed by atoms with van der Waals surface area (Å²) in [6.07, 6.45) is 1.23. The molecule has 31 heavy (non-hydrogen) atoms. The summed E-state index contributed by atoms with van der Waals surface area (Å²) in [5, 5.41) is 3.30. The van der Waals surface area contributed by atoms with E-state index in [1.54, 1.807) is 19.3 Å². The predicted octanol–water partition coefficient (Wildman–Crippen LogP) is 5.89. The number of ether oxygens (including phenoxy) is 1. The highest BCUT2D eigenvalue weighted by atomic mass is 19.3. The third-order valence-electron chi connectivity index (χ3n) is 5.11. The first-order valence-electron chi connectivity index (χ1n) is 9.95. The molecule has 1 aliphatic heterocycles. The number of rotatable bonds is 8. The quantitative estimate of drug-likeness (QED) is 0.528. The van der Waals surface area contributed by atoms with Gasteiger partial charge in [0.15, 0.2) is 0 Å². The van der Waals surface area contributed by atoms with Gasteiger partial charge in [-0.25, -0.2) is 0 Å². The van der Waals surface area contributed by atoms with E-state index in [1.165, 1.54) is 18.2 Å². The van der Waals surface area contributed by atoms with E-state index in [9.17, 15) is 17.6 Å². The maximum absolute atomic E-state index is 13.5. The van der Waals surface area contributed by atoms with Crippen molar-refractivity contribution >= 4 is 5.71 Å². The van der Waals surface area contributed by atoms with E-state index in [2.05, 4.69) is 15.0 Å². The summed E-state index contributed by atoms with van der Waals surface area (Å²) >= 11 is 0. The van der Waals surface area contributed by atoms with Gasteiger partial charge in [0.05, 0.1) is 11.3 Å². The highest BCUT2D eigenvalue weighted by molar-refractivity contribution is 6.04. The van der Waals surface area contributed by atoms with E-state index in [0.717, 1.165) is 18.4 Å². The number of nitrogens with zero attached hydrogens (tertiary/aromatic N) is 1. The lowest BCUT2D eigenvalue weighted by Crippen LogP contribution is -2.48. The Kier molecular flexibility index (Phi) is 7.28. The molecular formula is C24H24F4N2O. The van der Waals surface area contributed by atoms with Crippen LogP contribution in [0.3, 0.4) is 0 Å². The van der Waals surface area contributed by atoms with Crippen LogP contribution >= 0.6 is 0 Å². The average Bonchev–Trinajstić information content (AvgIpc) is 2.73. The zero-order chi connectivity index (χ0) is 22.3. The summed E-state index contributed by atoms with van der Waals surface area (Å²) in [5.41, 5.74) is 1.33. The molecular weight excluding hydrogens is 408 g/mol. The fourth-order valence-corrected chi connectivity index (χ4v) is 3.52. The third-order valence-corrected chi connectivity index (χ3v) is 5.11. The smallest absolute Gasteiger partial charge is 0.428 e. The Morgan fingerprint density at radius 3 is 2.48 bits per heavy atom. The minimum absolute atomic E-state index is 0.346. The molecule has 0 radical (unpaired) electrons. The Hall–Kier alpha value is -2.93. The second-order valence-electron chi connectivity index (χ2n) is 7.19. The highest BCUT2D eigenvalue weighted by Crippen LogP contribution is 2.34. The minimum atomic E-state index is -4.58. The number of likely N-dealkylation sites (N-methyl/N-ethyl adjacent to an activating group) is 1. The van der Waals surface area contributed by atoms with Crippen molar-refractivity contribution in [2.75, 3.05) is 7.05 Å². The zero-order valence-corrected chi connectivity index (χ0v) is 17.1. The maximum atomic E-state index is 13.5. The van der Waals surface area contributed by atoms with Crippen LogP contribution in [-0.2, 0) is 12.0 Å². The molecule has 2 aromatic carbocycles. The van der Waals surface area contributed by atoms with Crippen LogP contribution in [0.5, 0.6) is 5.75 Å². The molecule has 1 N–H and O–H groups in total. The number of aliphatic imine (C=N–C) groups is 1. The molecule has 1 aliphatic rings. The number of hydrogen-bond acceptors (Lipinski definition) is 3.